The lowest BCUT2D eigenvalue weighted by atomic mass is 10.3. The van der Waals surface area contributed by atoms with E-state index in [1.54, 1.807) is 0 Å². The number of anilines is 3. The van der Waals surface area contributed by atoms with Crippen molar-refractivity contribution in [2.24, 2.45) is 0 Å². The zero-order valence-corrected chi connectivity index (χ0v) is 20.6. The summed E-state index contributed by atoms with van der Waals surface area (Å²) in [7, 11) is -7.84. The van der Waals surface area contributed by atoms with E-state index in [0.29, 0.717) is 0 Å². The first-order chi connectivity index (χ1) is 15.9. The van der Waals surface area contributed by atoms with Crippen molar-refractivity contribution in [2.45, 2.75) is 4.90 Å². The van der Waals surface area contributed by atoms with Crippen LogP contribution < -0.4 is 14.3 Å². The second-order valence-corrected chi connectivity index (χ2v) is 11.4. The molecule has 0 aliphatic heterocycles. The van der Waals surface area contributed by atoms with E-state index in [2.05, 4.69) is 10.0 Å². The topological polar surface area (TPSA) is 113 Å². The van der Waals surface area contributed by atoms with Gasteiger partial charge in [0.15, 0.2) is 0 Å². The fraction of sp³-hybridized carbons (Fsp3) is 0.0952. The molecule has 0 saturated carbocycles. The first-order valence-corrected chi connectivity index (χ1v) is 13.6. The Balaban J connectivity index is 1.72. The number of benzene rings is 3. The molecular weight excluding hydrogens is 528 g/mol. The van der Waals surface area contributed by atoms with Crippen molar-refractivity contribution < 1.29 is 26.0 Å². The Morgan fingerprint density at radius 1 is 0.941 bits per heavy atom. The summed E-state index contributed by atoms with van der Waals surface area (Å²) >= 11 is 11.9. The summed E-state index contributed by atoms with van der Waals surface area (Å²) in [5.41, 5.74) is 0.455. The number of hydrogen-bond acceptors (Lipinski definition) is 5. The number of amides is 1. The minimum atomic E-state index is -4.00. The molecule has 0 aromatic heterocycles. The third kappa shape index (κ3) is 6.38. The van der Waals surface area contributed by atoms with E-state index in [4.69, 9.17) is 23.2 Å². The van der Waals surface area contributed by atoms with Crippen molar-refractivity contribution in [1.82, 2.24) is 0 Å². The van der Waals surface area contributed by atoms with Crippen LogP contribution in [0.25, 0.3) is 0 Å². The van der Waals surface area contributed by atoms with E-state index in [1.807, 2.05) is 0 Å². The monoisotopic (exact) mass is 545 g/mol. The highest BCUT2D eigenvalue weighted by atomic mass is 35.5. The second kappa shape index (κ2) is 10.2. The summed E-state index contributed by atoms with van der Waals surface area (Å²) in [6.45, 7) is -0.570. The molecule has 3 aromatic rings. The number of nitrogens with zero attached hydrogens (tertiary/aromatic N) is 1. The van der Waals surface area contributed by atoms with E-state index in [0.717, 1.165) is 22.7 Å². The smallest absolute Gasteiger partial charge is 0.261 e. The lowest BCUT2D eigenvalue weighted by Crippen LogP contribution is -2.37. The molecule has 3 rings (SSSR count). The van der Waals surface area contributed by atoms with Crippen molar-refractivity contribution in [3.05, 3.63) is 82.6 Å². The lowest BCUT2D eigenvalue weighted by molar-refractivity contribution is -0.114. The van der Waals surface area contributed by atoms with Crippen LogP contribution in [0, 0.1) is 5.82 Å². The standard InChI is InChI=1S/C21H18Cl2FN3O5S2/c1-33(29,30)27(16-9-5-14(24)6-10-16)13-20(28)25-15-7-11-17(12-8-15)34(31,32)26-19-4-2-3-18(22)21(19)23/h2-12,26H,13H2,1H3,(H,25,28). The number of carbonyl (C=O) groups excluding carboxylic acids is 1. The highest BCUT2D eigenvalue weighted by molar-refractivity contribution is 7.92. The quantitative estimate of drug-likeness (QED) is 0.437. The highest BCUT2D eigenvalue weighted by Crippen LogP contribution is 2.31. The van der Waals surface area contributed by atoms with Gasteiger partial charge >= 0.3 is 0 Å². The van der Waals surface area contributed by atoms with E-state index < -0.39 is 38.3 Å². The highest BCUT2D eigenvalue weighted by Gasteiger charge is 2.21. The Morgan fingerprint density at radius 2 is 1.56 bits per heavy atom. The molecule has 0 aliphatic carbocycles. The summed E-state index contributed by atoms with van der Waals surface area (Å²) < 4.78 is 65.8. The number of hydrogen-bond donors (Lipinski definition) is 2. The van der Waals surface area contributed by atoms with Crippen LogP contribution in [-0.2, 0) is 24.8 Å². The molecule has 0 unspecified atom stereocenters. The molecule has 0 saturated heterocycles. The molecular formula is C21H18Cl2FN3O5S2. The molecule has 2 N–H and O–H groups in total. The van der Waals surface area contributed by atoms with Gasteiger partial charge in [-0.05, 0) is 60.7 Å². The Labute approximate surface area is 206 Å². The summed E-state index contributed by atoms with van der Waals surface area (Å²) in [5, 5.41) is 2.73. The second-order valence-electron chi connectivity index (χ2n) is 7.03. The van der Waals surface area contributed by atoms with Gasteiger partial charge < -0.3 is 5.32 Å². The third-order valence-electron chi connectivity index (χ3n) is 4.45. The Kier molecular flexibility index (Phi) is 7.71. The first kappa shape index (κ1) is 25.8. The predicted octanol–water partition coefficient (Wildman–Crippen LogP) is 4.34. The van der Waals surface area contributed by atoms with Crippen LogP contribution in [0.3, 0.4) is 0 Å². The van der Waals surface area contributed by atoms with Crippen molar-refractivity contribution in [3.8, 4) is 0 Å². The average molecular weight is 546 g/mol. The molecule has 34 heavy (non-hydrogen) atoms. The van der Waals surface area contributed by atoms with Gasteiger partial charge in [-0.25, -0.2) is 21.2 Å². The van der Waals surface area contributed by atoms with Crippen LogP contribution in [-0.4, -0.2) is 35.5 Å². The molecule has 180 valence electrons. The molecule has 0 spiro atoms. The van der Waals surface area contributed by atoms with Gasteiger partial charge in [0.2, 0.25) is 15.9 Å². The third-order valence-corrected chi connectivity index (χ3v) is 7.79. The number of nitrogens with one attached hydrogen (secondary N) is 2. The molecule has 0 aliphatic rings. The van der Waals surface area contributed by atoms with Gasteiger partial charge in [-0.2, -0.15) is 0 Å². The zero-order valence-electron chi connectivity index (χ0n) is 17.5. The maximum absolute atomic E-state index is 13.2. The van der Waals surface area contributed by atoms with Crippen molar-refractivity contribution in [2.75, 3.05) is 27.1 Å². The fourth-order valence-corrected chi connectivity index (χ4v) is 5.17. The molecule has 0 heterocycles. The van der Waals surface area contributed by atoms with E-state index in [9.17, 15) is 26.0 Å². The first-order valence-electron chi connectivity index (χ1n) is 9.47. The molecule has 1 amide bonds. The lowest BCUT2D eigenvalue weighted by Gasteiger charge is -2.21. The minimum Gasteiger partial charge on any atom is -0.325 e. The summed E-state index contributed by atoms with van der Waals surface area (Å²) in [6, 6.07) is 14.3. The molecule has 0 radical (unpaired) electrons. The Morgan fingerprint density at radius 3 is 2.15 bits per heavy atom. The maximum Gasteiger partial charge on any atom is 0.261 e. The fourth-order valence-electron chi connectivity index (χ4n) is 2.84. The van der Waals surface area contributed by atoms with Gasteiger partial charge in [0.05, 0.1) is 32.6 Å². The van der Waals surface area contributed by atoms with Gasteiger partial charge in [-0.3, -0.25) is 13.8 Å². The van der Waals surface area contributed by atoms with Crippen LogP contribution in [0.5, 0.6) is 0 Å². The van der Waals surface area contributed by atoms with Crippen LogP contribution in [0.4, 0.5) is 21.5 Å². The Hall–Kier alpha value is -2.86. The predicted molar refractivity (Wildman–Crippen MR) is 131 cm³/mol. The average Bonchev–Trinajstić information content (AvgIpc) is 2.75. The molecule has 0 atom stereocenters. The SMILES string of the molecule is CS(=O)(=O)N(CC(=O)Nc1ccc(S(=O)(=O)Nc2cccc(Cl)c2Cl)cc1)c1ccc(F)cc1. The van der Waals surface area contributed by atoms with Gasteiger partial charge in [0, 0.05) is 5.69 Å². The summed E-state index contributed by atoms with van der Waals surface area (Å²) in [4.78, 5) is 12.3. The maximum atomic E-state index is 13.2. The molecule has 0 fully saturated rings. The van der Waals surface area contributed by atoms with Crippen molar-refractivity contribution in [3.63, 3.8) is 0 Å². The molecule has 3 aromatic carbocycles. The van der Waals surface area contributed by atoms with Crippen molar-refractivity contribution in [1.29, 1.82) is 0 Å². The van der Waals surface area contributed by atoms with Crippen LogP contribution in [0.1, 0.15) is 0 Å². The van der Waals surface area contributed by atoms with Gasteiger partial charge in [0.1, 0.15) is 12.4 Å². The molecule has 8 nitrogen and oxygen atoms in total. The number of sulfonamides is 2. The number of halogens is 3. The molecule has 13 heteroatoms. The molecule has 0 bridgehead atoms. The number of carbonyl (C=O) groups is 1. The Bertz CT molecular complexity index is 1420. The normalized spacial score (nSPS) is 11.6. The summed E-state index contributed by atoms with van der Waals surface area (Å²) in [5.74, 6) is -1.24. The van der Waals surface area contributed by atoms with Crippen molar-refractivity contribution >= 4 is 66.2 Å². The number of rotatable bonds is 8. The zero-order chi connectivity index (χ0) is 25.1. The van der Waals surface area contributed by atoms with Gasteiger partial charge in [-0.1, -0.05) is 29.3 Å². The largest absolute Gasteiger partial charge is 0.325 e. The van der Waals surface area contributed by atoms with E-state index in [1.165, 1.54) is 54.6 Å². The summed E-state index contributed by atoms with van der Waals surface area (Å²) in [6.07, 6.45) is 0.919. The van der Waals surface area contributed by atoms with Gasteiger partial charge in [0.25, 0.3) is 10.0 Å². The van der Waals surface area contributed by atoms with Crippen LogP contribution in [0.2, 0.25) is 10.0 Å². The van der Waals surface area contributed by atoms with Gasteiger partial charge in [-0.15, -0.1) is 0 Å². The van der Waals surface area contributed by atoms with E-state index in [-0.39, 0.29) is 32.0 Å². The van der Waals surface area contributed by atoms with E-state index >= 15 is 0 Å². The minimum absolute atomic E-state index is 0.0493. The van der Waals surface area contributed by atoms with Crippen LogP contribution in [0.15, 0.2) is 71.6 Å². The van der Waals surface area contributed by atoms with Crippen LogP contribution >= 0.6 is 23.2 Å².